The molecule has 1 saturated heterocycles. The summed E-state index contributed by atoms with van der Waals surface area (Å²) in [5.41, 5.74) is -3.41. The monoisotopic (exact) mass is 551 g/mol. The number of pyridine rings is 1. The van der Waals surface area contributed by atoms with E-state index in [1.54, 1.807) is 6.92 Å². The smallest absolute Gasteiger partial charge is 0.389 e. The molecule has 3 rings (SSSR count). The first-order valence-corrected chi connectivity index (χ1v) is 12.1. The van der Waals surface area contributed by atoms with E-state index in [2.05, 4.69) is 9.97 Å². The second-order valence-electron chi connectivity index (χ2n) is 9.19. The fourth-order valence-electron chi connectivity index (χ4n) is 3.60. The molecule has 2 atom stereocenters. The maximum absolute atomic E-state index is 14.1. The van der Waals surface area contributed by atoms with Gasteiger partial charge in [0.15, 0.2) is 5.01 Å². The lowest BCUT2D eigenvalue weighted by Gasteiger charge is -2.21. The van der Waals surface area contributed by atoms with E-state index in [0.717, 1.165) is 33.0 Å². The van der Waals surface area contributed by atoms with Gasteiger partial charge in [-0.25, -0.2) is 18.7 Å². The number of hydrogen-bond donors (Lipinski definition) is 3. The molecule has 0 radical (unpaired) electrons. The van der Waals surface area contributed by atoms with E-state index in [1.165, 1.54) is 4.90 Å². The van der Waals surface area contributed by atoms with E-state index in [1.807, 2.05) is 10.6 Å². The third-order valence-corrected chi connectivity index (χ3v) is 6.68. The molecule has 0 saturated carbocycles. The van der Waals surface area contributed by atoms with Crippen molar-refractivity contribution in [2.45, 2.75) is 70.8 Å². The molecule has 0 spiro atoms. The minimum Gasteiger partial charge on any atom is -0.389 e. The number of amides is 2. The summed E-state index contributed by atoms with van der Waals surface area (Å²) in [6, 6.07) is -1.54. The number of aromatic nitrogens is 2. The van der Waals surface area contributed by atoms with Gasteiger partial charge in [-0.05, 0) is 46.6 Å². The van der Waals surface area contributed by atoms with E-state index in [9.17, 15) is 36.6 Å². The lowest BCUT2D eigenvalue weighted by molar-refractivity contribution is -0.138. The quantitative estimate of drug-likeness (QED) is 0.413. The minimum atomic E-state index is -4.66. The number of rotatable bonds is 8. The molecule has 2 aromatic heterocycles. The molecular formula is C23H28F5N5O3S. The van der Waals surface area contributed by atoms with Crippen LogP contribution in [0.1, 0.15) is 75.6 Å². The zero-order chi connectivity index (χ0) is 29.5. The van der Waals surface area contributed by atoms with Gasteiger partial charge in [0, 0.05) is 36.4 Å². The van der Waals surface area contributed by atoms with E-state index >= 15 is 0 Å². The van der Waals surface area contributed by atoms with Crippen LogP contribution in [-0.4, -0.2) is 68.7 Å². The fraction of sp³-hybridized carbons (Fsp3) is 0.565. The maximum Gasteiger partial charge on any atom is 0.408 e. The van der Waals surface area contributed by atoms with Crippen molar-refractivity contribution >= 4 is 29.0 Å². The van der Waals surface area contributed by atoms with Gasteiger partial charge in [-0.1, -0.05) is 0 Å². The number of carbonyl (C=O) groups excluding carboxylic acids is 2. The lowest BCUT2D eigenvalue weighted by Crippen LogP contribution is -2.38. The van der Waals surface area contributed by atoms with Crippen LogP contribution < -0.4 is 10.6 Å². The van der Waals surface area contributed by atoms with Crippen molar-refractivity contribution in [1.29, 1.82) is 0 Å². The van der Waals surface area contributed by atoms with E-state index < -0.39 is 58.9 Å². The molecular weight excluding hydrogens is 521 g/mol. The Kier molecular flexibility index (Phi) is 7.56. The molecule has 1 aliphatic heterocycles. The summed E-state index contributed by atoms with van der Waals surface area (Å²) in [4.78, 5) is 35.5. The topological polar surface area (TPSA) is 107 Å². The molecule has 0 unspecified atom stereocenters. The Morgan fingerprint density at radius 2 is 2.03 bits per heavy atom. The highest BCUT2D eigenvalue weighted by atomic mass is 32.1. The van der Waals surface area contributed by atoms with Crippen LogP contribution in [-0.2, 0) is 0 Å². The average Bonchev–Trinajstić information content (AvgIpc) is 3.43. The van der Waals surface area contributed by atoms with E-state index in [0.29, 0.717) is 30.7 Å². The van der Waals surface area contributed by atoms with Crippen LogP contribution >= 0.6 is 11.3 Å². The predicted octanol–water partition coefficient (Wildman–Crippen LogP) is 4.63. The molecule has 204 valence electrons. The number of hydrogen-bond acceptors (Lipinski definition) is 7. The molecule has 0 aliphatic carbocycles. The van der Waals surface area contributed by atoms with Crippen molar-refractivity contribution < 1.29 is 39.4 Å². The molecule has 0 bridgehead atoms. The lowest BCUT2D eigenvalue weighted by atomic mass is 10.1. The number of alkyl halides is 5. The van der Waals surface area contributed by atoms with Crippen molar-refractivity contribution in [2.24, 2.45) is 0 Å². The van der Waals surface area contributed by atoms with Crippen molar-refractivity contribution in [1.82, 2.24) is 20.2 Å². The largest absolute Gasteiger partial charge is 0.408 e. The summed E-state index contributed by atoms with van der Waals surface area (Å²) in [6.45, 7) is 2.57. The molecule has 0 aromatic carbocycles. The van der Waals surface area contributed by atoms with Gasteiger partial charge in [0.1, 0.15) is 17.6 Å². The number of likely N-dealkylation sites (tertiary alicyclic amines) is 1. The van der Waals surface area contributed by atoms with Crippen LogP contribution in [0.25, 0.3) is 10.4 Å². The molecule has 1 fully saturated rings. The molecule has 2 amide bonds. The number of anilines is 1. The van der Waals surface area contributed by atoms with Gasteiger partial charge in [-0.15, -0.1) is 11.3 Å². The predicted molar refractivity (Wildman–Crippen MR) is 128 cm³/mol. The Morgan fingerprint density at radius 3 is 2.57 bits per heavy atom. The summed E-state index contributed by atoms with van der Waals surface area (Å²) < 4.78 is 83.0. The fourth-order valence-corrected chi connectivity index (χ4v) is 4.59. The Bertz CT molecular complexity index is 1240. The standard InChI is InChI=1S/C23H28F5N5O3S/c1-11-6-5-7-33(11)21(35)16-17(37-20(32-16)19(34)30-10-22(3,4)36)14-9-29-15(8-13(14)18(24)25)31-12(2)23(26,27)28/h8-9,11-12,18,36H,5-7,10H2,1-4H3,(H,29,31)(H,30,34)/t11-,12-/m0/s1/i10D2. The Morgan fingerprint density at radius 1 is 1.35 bits per heavy atom. The highest BCUT2D eigenvalue weighted by Crippen LogP contribution is 2.39. The van der Waals surface area contributed by atoms with Crippen LogP contribution in [0, 0.1) is 0 Å². The zero-order valence-corrected chi connectivity index (χ0v) is 21.2. The SMILES string of the molecule is [2H]C([2H])(NC(=O)c1nc(C(=O)N2CCC[C@@H]2C)c(-c2cnc(N[C@@H](C)C(F)(F)F)cc2C(F)F)s1)C(C)(C)O. The summed E-state index contributed by atoms with van der Waals surface area (Å²) in [5, 5.41) is 13.6. The zero-order valence-electron chi connectivity index (χ0n) is 22.4. The summed E-state index contributed by atoms with van der Waals surface area (Å²) in [5.74, 6) is -2.23. The van der Waals surface area contributed by atoms with Crippen molar-refractivity contribution in [2.75, 3.05) is 18.4 Å². The normalized spacial score (nSPS) is 18.5. The highest BCUT2D eigenvalue weighted by Gasteiger charge is 2.37. The van der Waals surface area contributed by atoms with Gasteiger partial charge in [0.2, 0.25) is 0 Å². The van der Waals surface area contributed by atoms with E-state index in [-0.39, 0.29) is 22.2 Å². The first-order chi connectivity index (χ1) is 17.8. The van der Waals surface area contributed by atoms with Crippen LogP contribution in [0.2, 0.25) is 0 Å². The molecule has 37 heavy (non-hydrogen) atoms. The number of carbonyl (C=O) groups is 2. The van der Waals surface area contributed by atoms with Crippen molar-refractivity contribution in [3.05, 3.63) is 28.5 Å². The van der Waals surface area contributed by atoms with Gasteiger partial charge in [0.05, 0.1) is 13.2 Å². The number of halogens is 5. The van der Waals surface area contributed by atoms with Crippen LogP contribution in [0.4, 0.5) is 27.8 Å². The summed E-state index contributed by atoms with van der Waals surface area (Å²) >= 11 is 0.523. The van der Waals surface area contributed by atoms with Gasteiger partial charge in [0.25, 0.3) is 18.2 Å². The van der Waals surface area contributed by atoms with E-state index in [4.69, 9.17) is 2.74 Å². The molecule has 2 aromatic rings. The average molecular weight is 552 g/mol. The number of nitrogens with one attached hydrogen (secondary N) is 2. The van der Waals surface area contributed by atoms with Crippen LogP contribution in [0.5, 0.6) is 0 Å². The minimum absolute atomic E-state index is 0.175. The number of thiazole rings is 1. The van der Waals surface area contributed by atoms with Gasteiger partial charge < -0.3 is 20.6 Å². The highest BCUT2D eigenvalue weighted by molar-refractivity contribution is 7.17. The van der Waals surface area contributed by atoms with Gasteiger partial charge in [-0.3, -0.25) is 9.59 Å². The Balaban J connectivity index is 2.11. The van der Waals surface area contributed by atoms with Crippen LogP contribution in [0.3, 0.4) is 0 Å². The van der Waals surface area contributed by atoms with Crippen LogP contribution in [0.15, 0.2) is 12.3 Å². The van der Waals surface area contributed by atoms with Crippen molar-refractivity contribution in [3.8, 4) is 10.4 Å². The number of nitrogens with zero attached hydrogens (tertiary/aromatic N) is 3. The third kappa shape index (κ3) is 6.92. The van der Waals surface area contributed by atoms with Crippen molar-refractivity contribution in [3.63, 3.8) is 0 Å². The molecule has 1 aliphatic rings. The molecule has 14 heteroatoms. The second kappa shape index (κ2) is 10.9. The molecule has 3 heterocycles. The molecule has 3 N–H and O–H groups in total. The Labute approximate surface area is 217 Å². The molecule has 8 nitrogen and oxygen atoms in total. The summed E-state index contributed by atoms with van der Waals surface area (Å²) in [7, 11) is 0. The maximum atomic E-state index is 14.1. The first-order valence-electron chi connectivity index (χ1n) is 12.3. The first kappa shape index (κ1) is 25.8. The van der Waals surface area contributed by atoms with Gasteiger partial charge in [-0.2, -0.15) is 13.2 Å². The number of aliphatic hydroxyl groups is 1. The summed E-state index contributed by atoms with van der Waals surface area (Å²) in [6.07, 6.45) is -5.60. The third-order valence-electron chi connectivity index (χ3n) is 5.59. The second-order valence-corrected chi connectivity index (χ2v) is 10.2. The Hall–Kier alpha value is -2.87. The van der Waals surface area contributed by atoms with Gasteiger partial charge >= 0.3 is 6.18 Å².